The minimum atomic E-state index is -0.443. The van der Waals surface area contributed by atoms with E-state index in [2.05, 4.69) is 15.3 Å². The van der Waals surface area contributed by atoms with Gasteiger partial charge in [0.05, 0.1) is 23.0 Å². The number of aromatic nitrogens is 2. The first-order valence-corrected chi connectivity index (χ1v) is 8.74. The van der Waals surface area contributed by atoms with E-state index in [0.717, 1.165) is 25.9 Å². The molecule has 0 saturated carbocycles. The van der Waals surface area contributed by atoms with Crippen LogP contribution in [0.25, 0.3) is 0 Å². The van der Waals surface area contributed by atoms with Gasteiger partial charge in [-0.2, -0.15) is 0 Å². The van der Waals surface area contributed by atoms with E-state index in [-0.39, 0.29) is 5.91 Å². The number of carbonyl (C=O) groups is 1. The lowest BCUT2D eigenvalue weighted by atomic mass is 9.97. The Hall–Kier alpha value is -1.92. The molecule has 1 aromatic carbocycles. The number of halogens is 3. The van der Waals surface area contributed by atoms with Crippen LogP contribution < -0.4 is 10.2 Å². The van der Waals surface area contributed by atoms with Gasteiger partial charge in [0.25, 0.3) is 5.91 Å². The summed E-state index contributed by atoms with van der Waals surface area (Å²) in [6.07, 6.45) is 4.13. The Bertz CT molecular complexity index is 749. The molecule has 0 bridgehead atoms. The van der Waals surface area contributed by atoms with Crippen molar-refractivity contribution in [1.29, 1.82) is 0 Å². The minimum absolute atomic E-state index is 0.225. The van der Waals surface area contributed by atoms with E-state index >= 15 is 0 Å². The van der Waals surface area contributed by atoms with Gasteiger partial charge in [0.1, 0.15) is 0 Å². The van der Waals surface area contributed by atoms with Gasteiger partial charge in [-0.25, -0.2) is 14.4 Å². The number of benzene rings is 1. The van der Waals surface area contributed by atoms with Gasteiger partial charge in [-0.05, 0) is 37.0 Å². The number of nitrogens with zero attached hydrogens (tertiary/aromatic N) is 3. The summed E-state index contributed by atoms with van der Waals surface area (Å²) in [5.74, 6) is 0.228. The topological polar surface area (TPSA) is 58.1 Å². The van der Waals surface area contributed by atoms with Gasteiger partial charge in [0, 0.05) is 24.7 Å². The Morgan fingerprint density at radius 2 is 1.92 bits per heavy atom. The lowest BCUT2D eigenvalue weighted by molar-refractivity contribution is 0.0945. The van der Waals surface area contributed by atoms with Crippen molar-refractivity contribution in [2.24, 2.45) is 5.92 Å². The van der Waals surface area contributed by atoms with Crippen LogP contribution in [0.2, 0.25) is 10.0 Å². The largest absolute Gasteiger partial charge is 0.352 e. The lowest BCUT2D eigenvalue weighted by Gasteiger charge is -2.32. The third-order valence-corrected chi connectivity index (χ3v) is 4.79. The Kier molecular flexibility index (Phi) is 5.71. The molecule has 0 unspecified atom stereocenters. The SMILES string of the molecule is O=C(NCC1CCN(c2ncc(F)cn2)CC1)c1cc(Cl)ccc1Cl. The molecule has 5 nitrogen and oxygen atoms in total. The van der Waals surface area contributed by atoms with Crippen LogP contribution in [0.5, 0.6) is 0 Å². The Labute approximate surface area is 155 Å². The van der Waals surface area contributed by atoms with Gasteiger partial charge in [0.15, 0.2) is 5.82 Å². The van der Waals surface area contributed by atoms with Crippen LogP contribution in [0.4, 0.5) is 10.3 Å². The van der Waals surface area contributed by atoms with Crippen molar-refractivity contribution in [2.75, 3.05) is 24.5 Å². The Morgan fingerprint density at radius 3 is 2.60 bits per heavy atom. The number of anilines is 1. The average Bonchev–Trinajstić information content (AvgIpc) is 2.63. The van der Waals surface area contributed by atoms with Crippen molar-refractivity contribution in [3.63, 3.8) is 0 Å². The molecule has 3 rings (SSSR count). The van der Waals surface area contributed by atoms with E-state index < -0.39 is 5.82 Å². The molecule has 1 aliphatic rings. The maximum atomic E-state index is 12.9. The number of rotatable bonds is 4. The number of nitrogens with one attached hydrogen (secondary N) is 1. The lowest BCUT2D eigenvalue weighted by Crippen LogP contribution is -2.39. The molecule has 2 aromatic rings. The Balaban J connectivity index is 1.50. The summed E-state index contributed by atoms with van der Waals surface area (Å²) in [5.41, 5.74) is 0.381. The zero-order valence-electron chi connectivity index (χ0n) is 13.4. The quantitative estimate of drug-likeness (QED) is 0.877. The zero-order valence-corrected chi connectivity index (χ0v) is 14.9. The van der Waals surface area contributed by atoms with Crippen LogP contribution in [0.1, 0.15) is 23.2 Å². The molecule has 0 atom stereocenters. The molecule has 1 aromatic heterocycles. The predicted molar refractivity (Wildman–Crippen MR) is 95.7 cm³/mol. The van der Waals surface area contributed by atoms with Gasteiger partial charge in [-0.1, -0.05) is 23.2 Å². The fraction of sp³-hybridized carbons (Fsp3) is 0.353. The molecule has 2 heterocycles. The van der Waals surface area contributed by atoms with Crippen molar-refractivity contribution in [3.8, 4) is 0 Å². The first kappa shape index (κ1) is 17.9. The highest BCUT2D eigenvalue weighted by molar-refractivity contribution is 6.35. The smallest absolute Gasteiger partial charge is 0.252 e. The maximum absolute atomic E-state index is 12.9. The standard InChI is InChI=1S/C17H17Cl2FN4O/c18-12-1-2-15(19)14(7-12)16(25)21-8-11-3-5-24(6-4-11)17-22-9-13(20)10-23-17/h1-2,7,9-11H,3-6,8H2,(H,21,25). The third-order valence-electron chi connectivity index (χ3n) is 4.23. The predicted octanol–water partition coefficient (Wildman–Crippen LogP) is 3.57. The summed E-state index contributed by atoms with van der Waals surface area (Å²) in [5, 5.41) is 3.77. The van der Waals surface area contributed by atoms with Crippen LogP contribution in [0, 0.1) is 11.7 Å². The highest BCUT2D eigenvalue weighted by Gasteiger charge is 2.22. The van der Waals surface area contributed by atoms with E-state index in [1.807, 2.05) is 4.90 Å². The molecule has 1 amide bonds. The highest BCUT2D eigenvalue weighted by atomic mass is 35.5. The Morgan fingerprint density at radius 1 is 1.24 bits per heavy atom. The molecule has 0 radical (unpaired) electrons. The van der Waals surface area contributed by atoms with Crippen LogP contribution in [0.15, 0.2) is 30.6 Å². The molecule has 1 fully saturated rings. The number of piperidine rings is 1. The maximum Gasteiger partial charge on any atom is 0.252 e. The van der Waals surface area contributed by atoms with Gasteiger partial charge >= 0.3 is 0 Å². The summed E-state index contributed by atoms with van der Waals surface area (Å²) in [6, 6.07) is 4.82. The molecule has 0 aliphatic carbocycles. The molecular formula is C17H17Cl2FN4O. The second-order valence-corrected chi connectivity index (χ2v) is 6.81. The molecular weight excluding hydrogens is 366 g/mol. The molecule has 1 saturated heterocycles. The van der Waals surface area contributed by atoms with E-state index in [4.69, 9.17) is 23.2 Å². The van der Waals surface area contributed by atoms with Crippen molar-refractivity contribution in [3.05, 3.63) is 52.0 Å². The van der Waals surface area contributed by atoms with Gasteiger partial charge in [-0.15, -0.1) is 0 Å². The molecule has 132 valence electrons. The zero-order chi connectivity index (χ0) is 17.8. The number of hydrogen-bond donors (Lipinski definition) is 1. The number of amides is 1. The van der Waals surface area contributed by atoms with Crippen LogP contribution in [0.3, 0.4) is 0 Å². The van der Waals surface area contributed by atoms with Gasteiger partial charge < -0.3 is 10.2 Å². The summed E-state index contributed by atoms with van der Waals surface area (Å²) >= 11 is 12.0. The monoisotopic (exact) mass is 382 g/mol. The fourth-order valence-corrected chi connectivity index (χ4v) is 3.19. The number of carbonyl (C=O) groups excluding carboxylic acids is 1. The van der Waals surface area contributed by atoms with Gasteiger partial charge in [-0.3, -0.25) is 4.79 Å². The molecule has 8 heteroatoms. The van der Waals surface area contributed by atoms with E-state index in [1.165, 1.54) is 12.4 Å². The number of hydrogen-bond acceptors (Lipinski definition) is 4. The summed E-state index contributed by atoms with van der Waals surface area (Å²) in [7, 11) is 0. The fourth-order valence-electron chi connectivity index (χ4n) is 2.81. The highest BCUT2D eigenvalue weighted by Crippen LogP contribution is 2.22. The van der Waals surface area contributed by atoms with Crippen LogP contribution in [-0.2, 0) is 0 Å². The normalized spacial score (nSPS) is 15.2. The van der Waals surface area contributed by atoms with E-state index in [0.29, 0.717) is 34.0 Å². The second kappa shape index (κ2) is 7.97. The van der Waals surface area contributed by atoms with Gasteiger partial charge in [0.2, 0.25) is 5.95 Å². The third kappa shape index (κ3) is 4.58. The molecule has 25 heavy (non-hydrogen) atoms. The first-order valence-electron chi connectivity index (χ1n) is 7.98. The minimum Gasteiger partial charge on any atom is -0.352 e. The van der Waals surface area contributed by atoms with Crippen molar-refractivity contribution >= 4 is 35.1 Å². The van der Waals surface area contributed by atoms with Crippen LogP contribution in [-0.4, -0.2) is 35.5 Å². The summed E-state index contributed by atoms with van der Waals surface area (Å²) in [6.45, 7) is 2.11. The summed E-state index contributed by atoms with van der Waals surface area (Å²) in [4.78, 5) is 22.3. The first-order chi connectivity index (χ1) is 12.0. The molecule has 0 spiro atoms. The molecule has 1 N–H and O–H groups in total. The van der Waals surface area contributed by atoms with Crippen molar-refractivity contribution < 1.29 is 9.18 Å². The van der Waals surface area contributed by atoms with E-state index in [1.54, 1.807) is 18.2 Å². The summed E-state index contributed by atoms with van der Waals surface area (Å²) < 4.78 is 12.9. The van der Waals surface area contributed by atoms with E-state index in [9.17, 15) is 9.18 Å². The molecule has 1 aliphatic heterocycles. The average molecular weight is 383 g/mol. The second-order valence-electron chi connectivity index (χ2n) is 5.97. The van der Waals surface area contributed by atoms with Crippen LogP contribution >= 0.6 is 23.2 Å². The van der Waals surface area contributed by atoms with Crippen molar-refractivity contribution in [2.45, 2.75) is 12.8 Å². The van der Waals surface area contributed by atoms with Crippen molar-refractivity contribution in [1.82, 2.24) is 15.3 Å².